The molecule has 0 aliphatic carbocycles. The number of carbonyl (C=O) groups is 1. The monoisotopic (exact) mass is 360 g/mol. The van der Waals surface area contributed by atoms with Gasteiger partial charge < -0.3 is 14.2 Å². The van der Waals surface area contributed by atoms with E-state index in [0.717, 1.165) is 15.6 Å². The first-order valence-corrected chi connectivity index (χ1v) is 8.64. The third-order valence-electron chi connectivity index (χ3n) is 3.65. The minimum absolute atomic E-state index is 0.128. The maximum atomic E-state index is 12.3. The molecule has 0 bridgehead atoms. The van der Waals surface area contributed by atoms with Gasteiger partial charge >= 0.3 is 5.97 Å². The quantitative estimate of drug-likeness (QED) is 0.636. The van der Waals surface area contributed by atoms with Crippen molar-refractivity contribution in [2.75, 3.05) is 13.2 Å². The maximum Gasteiger partial charge on any atom is 0.348 e. The second-order valence-corrected chi connectivity index (χ2v) is 6.82. The van der Waals surface area contributed by atoms with E-state index in [4.69, 9.17) is 25.8 Å². The van der Waals surface area contributed by atoms with Crippen molar-refractivity contribution in [3.63, 3.8) is 0 Å². The van der Waals surface area contributed by atoms with Gasteiger partial charge in [-0.3, -0.25) is 0 Å². The van der Waals surface area contributed by atoms with Crippen LogP contribution in [0.15, 0.2) is 42.5 Å². The molecule has 0 saturated heterocycles. The van der Waals surface area contributed by atoms with E-state index < -0.39 is 0 Å². The van der Waals surface area contributed by atoms with Crippen molar-refractivity contribution in [2.24, 2.45) is 0 Å². The molecule has 2 heterocycles. The number of rotatable bonds is 3. The number of hydrogen-bond donors (Lipinski definition) is 0. The zero-order chi connectivity index (χ0) is 16.5. The van der Waals surface area contributed by atoms with Gasteiger partial charge in [0.1, 0.15) is 24.7 Å². The van der Waals surface area contributed by atoms with Crippen LogP contribution in [-0.4, -0.2) is 19.2 Å². The highest BCUT2D eigenvalue weighted by Gasteiger charge is 2.18. The van der Waals surface area contributed by atoms with Crippen LogP contribution in [-0.2, 0) is 11.3 Å². The van der Waals surface area contributed by atoms with E-state index >= 15 is 0 Å². The molecular weight excluding hydrogens is 348 g/mol. The van der Waals surface area contributed by atoms with Crippen LogP contribution in [0.25, 0.3) is 10.1 Å². The van der Waals surface area contributed by atoms with Crippen molar-refractivity contribution in [3.05, 3.63) is 57.9 Å². The lowest BCUT2D eigenvalue weighted by Gasteiger charge is -2.20. The first-order valence-electron chi connectivity index (χ1n) is 7.44. The van der Waals surface area contributed by atoms with Crippen molar-refractivity contribution in [1.29, 1.82) is 0 Å². The minimum Gasteiger partial charge on any atom is -0.486 e. The summed E-state index contributed by atoms with van der Waals surface area (Å²) in [5, 5.41) is 1.50. The average Bonchev–Trinajstić information content (AvgIpc) is 3.04. The van der Waals surface area contributed by atoms with Crippen LogP contribution in [0.4, 0.5) is 0 Å². The lowest BCUT2D eigenvalue weighted by molar-refractivity contribution is 0.0478. The zero-order valence-corrected chi connectivity index (χ0v) is 14.2. The van der Waals surface area contributed by atoms with Gasteiger partial charge in [-0.1, -0.05) is 29.8 Å². The molecule has 3 aromatic rings. The van der Waals surface area contributed by atoms with Gasteiger partial charge in [0.25, 0.3) is 0 Å². The standard InChI is InChI=1S/C18H13ClO4S/c19-13-7-11(8-14-17(13)22-6-5-21-14)10-23-18(20)16-9-12-3-1-2-4-15(12)24-16/h1-4,7-9H,5-6,10H2. The van der Waals surface area contributed by atoms with Crippen LogP contribution in [0.3, 0.4) is 0 Å². The van der Waals surface area contributed by atoms with Gasteiger partial charge in [-0.25, -0.2) is 4.79 Å². The van der Waals surface area contributed by atoms with Gasteiger partial charge in [-0.15, -0.1) is 11.3 Å². The van der Waals surface area contributed by atoms with Crippen LogP contribution in [0, 0.1) is 0 Å². The molecule has 6 heteroatoms. The fraction of sp³-hybridized carbons (Fsp3) is 0.167. The molecule has 1 aliphatic heterocycles. The predicted molar refractivity (Wildman–Crippen MR) is 93.4 cm³/mol. The van der Waals surface area contributed by atoms with Crippen LogP contribution >= 0.6 is 22.9 Å². The predicted octanol–water partition coefficient (Wildman–Crippen LogP) is 4.68. The van der Waals surface area contributed by atoms with E-state index in [0.29, 0.717) is 34.6 Å². The number of benzene rings is 2. The largest absolute Gasteiger partial charge is 0.486 e. The van der Waals surface area contributed by atoms with Gasteiger partial charge in [0.05, 0.1) is 5.02 Å². The topological polar surface area (TPSA) is 44.8 Å². The molecule has 2 aromatic carbocycles. The van der Waals surface area contributed by atoms with Crippen LogP contribution in [0.1, 0.15) is 15.2 Å². The Morgan fingerprint density at radius 3 is 2.88 bits per heavy atom. The molecule has 0 amide bonds. The number of ether oxygens (including phenoxy) is 3. The summed E-state index contributed by atoms with van der Waals surface area (Å²) in [6, 6.07) is 13.2. The molecule has 0 N–H and O–H groups in total. The third-order valence-corrected chi connectivity index (χ3v) is 5.03. The van der Waals surface area contributed by atoms with Crippen molar-refractivity contribution in [1.82, 2.24) is 0 Å². The highest BCUT2D eigenvalue weighted by molar-refractivity contribution is 7.20. The molecule has 0 atom stereocenters. The highest BCUT2D eigenvalue weighted by Crippen LogP contribution is 2.38. The molecule has 0 spiro atoms. The normalized spacial score (nSPS) is 13.0. The van der Waals surface area contributed by atoms with E-state index in [1.54, 1.807) is 12.1 Å². The zero-order valence-electron chi connectivity index (χ0n) is 12.6. The van der Waals surface area contributed by atoms with Gasteiger partial charge in [0.15, 0.2) is 11.5 Å². The van der Waals surface area contributed by atoms with Crippen molar-refractivity contribution in [2.45, 2.75) is 6.61 Å². The first kappa shape index (κ1) is 15.3. The molecule has 0 unspecified atom stereocenters. The molecule has 122 valence electrons. The van der Waals surface area contributed by atoms with Crippen molar-refractivity contribution < 1.29 is 19.0 Å². The Bertz CT molecular complexity index is 886. The Labute approximate surface area is 147 Å². The molecule has 0 fully saturated rings. The summed E-state index contributed by atoms with van der Waals surface area (Å²) in [5.74, 6) is 0.784. The molecule has 24 heavy (non-hydrogen) atoms. The number of carbonyl (C=O) groups excluding carboxylic acids is 1. The Morgan fingerprint density at radius 2 is 2.00 bits per heavy atom. The highest BCUT2D eigenvalue weighted by atomic mass is 35.5. The van der Waals surface area contributed by atoms with E-state index in [2.05, 4.69) is 0 Å². The fourth-order valence-corrected chi connectivity index (χ4v) is 3.79. The molecule has 4 nitrogen and oxygen atoms in total. The summed E-state index contributed by atoms with van der Waals surface area (Å²) < 4.78 is 17.5. The van der Waals surface area contributed by atoms with E-state index in [-0.39, 0.29) is 12.6 Å². The number of hydrogen-bond acceptors (Lipinski definition) is 5. The van der Waals surface area contributed by atoms with Gasteiger partial charge in [-0.05, 0) is 35.2 Å². The van der Waals surface area contributed by atoms with E-state index in [9.17, 15) is 4.79 Å². The Hall–Kier alpha value is -2.24. The van der Waals surface area contributed by atoms with Crippen molar-refractivity contribution in [3.8, 4) is 11.5 Å². The molecule has 1 aromatic heterocycles. The van der Waals surface area contributed by atoms with E-state index in [1.165, 1.54) is 11.3 Å². The van der Waals surface area contributed by atoms with Gasteiger partial charge in [-0.2, -0.15) is 0 Å². The summed E-state index contributed by atoms with van der Waals surface area (Å²) in [5.41, 5.74) is 0.763. The maximum absolute atomic E-state index is 12.3. The summed E-state index contributed by atoms with van der Waals surface area (Å²) in [4.78, 5) is 12.8. The Kier molecular flexibility index (Phi) is 4.04. The van der Waals surface area contributed by atoms with Crippen molar-refractivity contribution >= 4 is 39.0 Å². The van der Waals surface area contributed by atoms with Gasteiger partial charge in [0, 0.05) is 4.70 Å². The summed E-state index contributed by atoms with van der Waals surface area (Å²) in [6.45, 7) is 1.09. The Balaban J connectivity index is 1.50. The van der Waals surface area contributed by atoms with E-state index in [1.807, 2.05) is 30.3 Å². The molecule has 0 saturated carbocycles. The smallest absolute Gasteiger partial charge is 0.348 e. The number of thiophene rings is 1. The second-order valence-electron chi connectivity index (χ2n) is 5.33. The second kappa shape index (κ2) is 6.34. The van der Waals surface area contributed by atoms with Crippen LogP contribution in [0.2, 0.25) is 5.02 Å². The third kappa shape index (κ3) is 2.92. The summed E-state index contributed by atoms with van der Waals surface area (Å²) >= 11 is 7.61. The molecular formula is C18H13ClO4S. The number of esters is 1. The number of fused-ring (bicyclic) bond motifs is 2. The average molecular weight is 361 g/mol. The molecule has 4 rings (SSSR count). The lowest BCUT2D eigenvalue weighted by Crippen LogP contribution is -2.16. The minimum atomic E-state index is -0.345. The number of halogens is 1. The SMILES string of the molecule is O=C(OCc1cc(Cl)c2c(c1)OCCO2)c1cc2ccccc2s1. The van der Waals surface area contributed by atoms with Crippen LogP contribution in [0.5, 0.6) is 11.5 Å². The molecule has 0 radical (unpaired) electrons. The first-order chi connectivity index (χ1) is 11.7. The van der Waals surface area contributed by atoms with Crippen LogP contribution < -0.4 is 9.47 Å². The summed E-state index contributed by atoms with van der Waals surface area (Å²) in [6.07, 6.45) is 0. The Morgan fingerprint density at radius 1 is 1.17 bits per heavy atom. The summed E-state index contributed by atoms with van der Waals surface area (Å²) in [7, 11) is 0. The molecule has 1 aliphatic rings. The lowest BCUT2D eigenvalue weighted by atomic mass is 10.2. The fourth-order valence-electron chi connectivity index (χ4n) is 2.55. The van der Waals surface area contributed by atoms with Gasteiger partial charge in [0.2, 0.25) is 0 Å².